The zero-order valence-corrected chi connectivity index (χ0v) is 11.6. The van der Waals surface area contributed by atoms with Crippen LogP contribution in [0, 0.1) is 0 Å². The third-order valence-electron chi connectivity index (χ3n) is 2.52. The Morgan fingerprint density at radius 1 is 1.44 bits per heavy atom. The average molecular weight is 285 g/mol. The number of aliphatic hydroxyl groups excluding tert-OH is 1. The third kappa shape index (κ3) is 2.43. The van der Waals surface area contributed by atoms with Gasteiger partial charge < -0.3 is 14.7 Å². The highest BCUT2D eigenvalue weighted by Gasteiger charge is 2.15. The lowest BCUT2D eigenvalue weighted by atomic mass is 10.3. The Labute approximate surface area is 114 Å². The first-order chi connectivity index (χ1) is 8.67. The molecule has 1 N–H and O–H groups in total. The zero-order valence-electron chi connectivity index (χ0n) is 10.1. The molecule has 0 saturated heterocycles. The fourth-order valence-electron chi connectivity index (χ4n) is 1.57. The van der Waals surface area contributed by atoms with Gasteiger partial charge in [-0.15, -0.1) is 0 Å². The smallest absolute Gasteiger partial charge is 0.191 e. The molecular weight excluding hydrogens is 272 g/mol. The van der Waals surface area contributed by atoms with E-state index in [1.165, 1.54) is 11.3 Å². The van der Waals surface area contributed by atoms with Crippen LogP contribution < -0.4 is 9.64 Å². The van der Waals surface area contributed by atoms with Gasteiger partial charge in [0.05, 0.1) is 24.3 Å². The van der Waals surface area contributed by atoms with Crippen molar-refractivity contribution in [1.82, 2.24) is 4.98 Å². The number of halogens is 1. The topological polar surface area (TPSA) is 45.6 Å². The number of benzene rings is 1. The predicted octanol–water partition coefficient (Wildman–Crippen LogP) is 3.07. The van der Waals surface area contributed by atoms with Crippen molar-refractivity contribution in [1.29, 1.82) is 0 Å². The van der Waals surface area contributed by atoms with Crippen LogP contribution in [0.1, 0.15) is 4.88 Å². The summed E-state index contributed by atoms with van der Waals surface area (Å²) < 4.78 is 5.30. The van der Waals surface area contributed by atoms with Crippen LogP contribution in [0.25, 0.3) is 0 Å². The van der Waals surface area contributed by atoms with E-state index in [0.29, 0.717) is 15.2 Å². The molecule has 0 aliphatic heterocycles. The number of ether oxygens (including phenoxy) is 1. The molecule has 0 aliphatic carbocycles. The molecule has 0 unspecified atom stereocenters. The normalized spacial score (nSPS) is 10.4. The summed E-state index contributed by atoms with van der Waals surface area (Å²) in [5, 5.41) is 10.2. The molecule has 0 fully saturated rings. The maximum absolute atomic E-state index is 9.13. The quantitative estimate of drug-likeness (QED) is 0.937. The summed E-state index contributed by atoms with van der Waals surface area (Å²) in [4.78, 5) is 6.77. The maximum atomic E-state index is 9.13. The van der Waals surface area contributed by atoms with Crippen molar-refractivity contribution in [3.63, 3.8) is 0 Å². The summed E-state index contributed by atoms with van der Waals surface area (Å²) in [6, 6.07) is 7.65. The molecule has 6 heteroatoms. The molecular formula is C12H13ClN2O2S. The van der Waals surface area contributed by atoms with Gasteiger partial charge in [-0.05, 0) is 12.1 Å². The van der Waals surface area contributed by atoms with Crippen LogP contribution >= 0.6 is 22.9 Å². The average Bonchev–Trinajstić information content (AvgIpc) is 2.79. The van der Waals surface area contributed by atoms with E-state index in [4.69, 9.17) is 21.4 Å². The van der Waals surface area contributed by atoms with Crippen LogP contribution in [0.2, 0.25) is 5.15 Å². The predicted molar refractivity (Wildman–Crippen MR) is 74.1 cm³/mol. The first-order valence-electron chi connectivity index (χ1n) is 5.30. The van der Waals surface area contributed by atoms with Crippen LogP contribution in [0.4, 0.5) is 10.8 Å². The second-order valence-electron chi connectivity index (χ2n) is 3.60. The van der Waals surface area contributed by atoms with Crippen molar-refractivity contribution >= 4 is 33.8 Å². The van der Waals surface area contributed by atoms with Crippen molar-refractivity contribution in [2.24, 2.45) is 0 Å². The maximum Gasteiger partial charge on any atom is 0.191 e. The molecule has 96 valence electrons. The summed E-state index contributed by atoms with van der Waals surface area (Å²) in [6.45, 7) is -0.101. The number of methoxy groups -OCH3 is 1. The lowest BCUT2D eigenvalue weighted by Gasteiger charge is -2.18. The van der Waals surface area contributed by atoms with Crippen LogP contribution in [0.5, 0.6) is 5.75 Å². The fraction of sp³-hybridized carbons (Fsp3) is 0.250. The number of rotatable bonds is 4. The Balaban J connectivity index is 2.37. The van der Waals surface area contributed by atoms with Crippen LogP contribution in [0.15, 0.2) is 24.3 Å². The molecule has 1 heterocycles. The van der Waals surface area contributed by atoms with Crippen molar-refractivity contribution in [2.75, 3.05) is 19.1 Å². The molecule has 0 aliphatic rings. The SMILES string of the molecule is COc1ccccc1N(C)c1nc(Cl)c(CO)s1. The summed E-state index contributed by atoms with van der Waals surface area (Å²) in [5.41, 5.74) is 0.898. The van der Waals surface area contributed by atoms with Gasteiger partial charge in [-0.2, -0.15) is 0 Å². The van der Waals surface area contributed by atoms with Gasteiger partial charge in [-0.3, -0.25) is 0 Å². The van der Waals surface area contributed by atoms with E-state index in [-0.39, 0.29) is 6.61 Å². The van der Waals surface area contributed by atoms with Crippen LogP contribution in [-0.4, -0.2) is 24.2 Å². The van der Waals surface area contributed by atoms with E-state index < -0.39 is 0 Å². The van der Waals surface area contributed by atoms with Gasteiger partial charge in [-0.1, -0.05) is 35.1 Å². The molecule has 0 radical (unpaired) electrons. The minimum atomic E-state index is -0.101. The summed E-state index contributed by atoms with van der Waals surface area (Å²) in [5.74, 6) is 0.761. The first kappa shape index (κ1) is 13.1. The van der Waals surface area contributed by atoms with E-state index in [1.54, 1.807) is 7.11 Å². The van der Waals surface area contributed by atoms with Gasteiger partial charge >= 0.3 is 0 Å². The summed E-state index contributed by atoms with van der Waals surface area (Å²) in [7, 11) is 3.51. The molecule has 18 heavy (non-hydrogen) atoms. The number of aliphatic hydroxyl groups is 1. The molecule has 1 aromatic carbocycles. The molecule has 0 bridgehead atoms. The lowest BCUT2D eigenvalue weighted by Crippen LogP contribution is -2.10. The Morgan fingerprint density at radius 2 is 2.17 bits per heavy atom. The van der Waals surface area contributed by atoms with Gasteiger partial charge in [0.1, 0.15) is 10.9 Å². The van der Waals surface area contributed by atoms with Gasteiger partial charge in [0.25, 0.3) is 0 Å². The minimum Gasteiger partial charge on any atom is -0.495 e. The molecule has 1 aromatic heterocycles. The number of nitrogens with zero attached hydrogens (tertiary/aromatic N) is 2. The molecule has 0 amide bonds. The number of hydrogen-bond donors (Lipinski definition) is 1. The monoisotopic (exact) mass is 284 g/mol. The zero-order chi connectivity index (χ0) is 13.1. The Hall–Kier alpha value is -1.30. The number of anilines is 2. The number of aromatic nitrogens is 1. The van der Waals surface area contributed by atoms with Gasteiger partial charge in [0.15, 0.2) is 5.13 Å². The highest BCUT2D eigenvalue weighted by atomic mass is 35.5. The van der Waals surface area contributed by atoms with Crippen molar-refractivity contribution in [3.05, 3.63) is 34.3 Å². The molecule has 0 spiro atoms. The lowest BCUT2D eigenvalue weighted by molar-refractivity contribution is 0.285. The molecule has 2 aromatic rings. The third-order valence-corrected chi connectivity index (χ3v) is 4.06. The summed E-state index contributed by atoms with van der Waals surface area (Å²) in [6.07, 6.45) is 0. The molecule has 0 saturated carbocycles. The largest absolute Gasteiger partial charge is 0.495 e. The van der Waals surface area contributed by atoms with Crippen LogP contribution in [-0.2, 0) is 6.61 Å². The number of hydrogen-bond acceptors (Lipinski definition) is 5. The standard InChI is InChI=1S/C12H13ClN2O2S/c1-15(8-5-3-4-6-9(8)17-2)12-14-11(13)10(7-16)18-12/h3-6,16H,7H2,1-2H3. The highest BCUT2D eigenvalue weighted by Crippen LogP contribution is 2.36. The first-order valence-corrected chi connectivity index (χ1v) is 6.49. The second-order valence-corrected chi connectivity index (χ2v) is 5.02. The fourth-order valence-corrected chi connectivity index (χ4v) is 2.66. The van der Waals surface area contributed by atoms with E-state index in [1.807, 2.05) is 36.2 Å². The second kappa shape index (κ2) is 5.56. The number of para-hydroxylation sites is 2. The van der Waals surface area contributed by atoms with E-state index in [2.05, 4.69) is 4.98 Å². The van der Waals surface area contributed by atoms with Crippen molar-refractivity contribution in [3.8, 4) is 5.75 Å². The van der Waals surface area contributed by atoms with E-state index in [9.17, 15) is 0 Å². The Bertz CT molecular complexity index is 545. The van der Waals surface area contributed by atoms with E-state index in [0.717, 1.165) is 11.4 Å². The molecule has 0 atom stereocenters. The van der Waals surface area contributed by atoms with Crippen molar-refractivity contribution < 1.29 is 9.84 Å². The van der Waals surface area contributed by atoms with E-state index >= 15 is 0 Å². The van der Waals surface area contributed by atoms with Gasteiger partial charge in [0, 0.05) is 7.05 Å². The molecule has 2 rings (SSSR count). The van der Waals surface area contributed by atoms with Crippen molar-refractivity contribution in [2.45, 2.75) is 6.61 Å². The molecule has 4 nitrogen and oxygen atoms in total. The van der Waals surface area contributed by atoms with Gasteiger partial charge in [-0.25, -0.2) is 4.98 Å². The summed E-state index contributed by atoms with van der Waals surface area (Å²) >= 11 is 7.29. The minimum absolute atomic E-state index is 0.101. The Kier molecular flexibility index (Phi) is 4.06. The Morgan fingerprint density at radius 3 is 2.78 bits per heavy atom. The highest BCUT2D eigenvalue weighted by molar-refractivity contribution is 7.16. The van der Waals surface area contributed by atoms with Crippen LogP contribution in [0.3, 0.4) is 0 Å². The van der Waals surface area contributed by atoms with Gasteiger partial charge in [0.2, 0.25) is 0 Å². The number of thiazole rings is 1.